The van der Waals surface area contributed by atoms with E-state index in [2.05, 4.69) is 5.32 Å². The van der Waals surface area contributed by atoms with Crippen molar-refractivity contribution in [3.63, 3.8) is 0 Å². The number of carbonyl (C=O) groups is 2. The lowest BCUT2D eigenvalue weighted by atomic mass is 9.97. The van der Waals surface area contributed by atoms with E-state index in [1.165, 1.54) is 0 Å². The van der Waals surface area contributed by atoms with Crippen LogP contribution < -0.4 is 14.8 Å². The van der Waals surface area contributed by atoms with Crippen LogP contribution >= 0.6 is 0 Å². The summed E-state index contributed by atoms with van der Waals surface area (Å²) in [7, 11) is 0. The van der Waals surface area contributed by atoms with Gasteiger partial charge in [0.2, 0.25) is 12.7 Å². The van der Waals surface area contributed by atoms with Crippen molar-refractivity contribution in [2.24, 2.45) is 5.92 Å². The molecule has 26 heavy (non-hydrogen) atoms. The molecule has 6 nitrogen and oxygen atoms in total. The first-order valence-corrected chi connectivity index (χ1v) is 8.58. The summed E-state index contributed by atoms with van der Waals surface area (Å²) in [5, 5.41) is 2.97. The highest BCUT2D eigenvalue weighted by atomic mass is 16.7. The number of hydrogen-bond donors (Lipinski definition) is 1. The zero-order valence-electron chi connectivity index (χ0n) is 14.7. The summed E-state index contributed by atoms with van der Waals surface area (Å²) in [6, 6.07) is 11.1. The van der Waals surface area contributed by atoms with E-state index in [4.69, 9.17) is 9.47 Å². The summed E-state index contributed by atoms with van der Waals surface area (Å²) in [6.07, 6.45) is 0. The molecule has 0 unspecified atom stereocenters. The van der Waals surface area contributed by atoms with Gasteiger partial charge in [-0.1, -0.05) is 12.1 Å². The Hall–Kier alpha value is -3.02. The second-order valence-electron chi connectivity index (χ2n) is 6.78. The molecule has 0 radical (unpaired) electrons. The van der Waals surface area contributed by atoms with Gasteiger partial charge < -0.3 is 19.7 Å². The first-order valence-electron chi connectivity index (χ1n) is 8.58. The topological polar surface area (TPSA) is 67.9 Å². The molecule has 0 spiro atoms. The van der Waals surface area contributed by atoms with Crippen LogP contribution in [0, 0.1) is 19.8 Å². The van der Waals surface area contributed by atoms with Gasteiger partial charge in [-0.25, -0.2) is 0 Å². The molecule has 0 atom stereocenters. The Labute approximate surface area is 151 Å². The molecule has 134 valence electrons. The summed E-state index contributed by atoms with van der Waals surface area (Å²) < 4.78 is 10.6. The summed E-state index contributed by atoms with van der Waals surface area (Å²) in [4.78, 5) is 26.7. The van der Waals surface area contributed by atoms with Crippen molar-refractivity contribution in [1.29, 1.82) is 0 Å². The van der Waals surface area contributed by atoms with E-state index in [0.29, 0.717) is 30.2 Å². The van der Waals surface area contributed by atoms with Gasteiger partial charge in [-0.3, -0.25) is 9.59 Å². The van der Waals surface area contributed by atoms with Gasteiger partial charge in [-0.2, -0.15) is 0 Å². The summed E-state index contributed by atoms with van der Waals surface area (Å²) in [5.41, 5.74) is 3.49. The fourth-order valence-electron chi connectivity index (χ4n) is 3.13. The van der Waals surface area contributed by atoms with Crippen molar-refractivity contribution in [1.82, 2.24) is 4.90 Å². The standard InChI is InChI=1S/C20H20N2O4/c1-12-3-4-13(2)16(7-12)21-19(23)15-9-22(10-15)20(24)14-5-6-17-18(8-14)26-11-25-17/h3-8,15H,9-11H2,1-2H3,(H,21,23). The minimum Gasteiger partial charge on any atom is -0.454 e. The monoisotopic (exact) mass is 352 g/mol. The minimum atomic E-state index is -0.187. The zero-order valence-corrected chi connectivity index (χ0v) is 14.7. The van der Waals surface area contributed by atoms with E-state index < -0.39 is 0 Å². The Balaban J connectivity index is 1.36. The molecule has 1 N–H and O–H groups in total. The van der Waals surface area contributed by atoms with Gasteiger partial charge in [0.05, 0.1) is 5.92 Å². The van der Waals surface area contributed by atoms with Crippen LogP contribution in [-0.4, -0.2) is 36.6 Å². The highest BCUT2D eigenvalue weighted by Gasteiger charge is 2.36. The van der Waals surface area contributed by atoms with Crippen molar-refractivity contribution in [2.45, 2.75) is 13.8 Å². The van der Waals surface area contributed by atoms with Crippen molar-refractivity contribution in [2.75, 3.05) is 25.2 Å². The quantitative estimate of drug-likeness (QED) is 0.922. The average molecular weight is 352 g/mol. The van der Waals surface area contributed by atoms with E-state index in [0.717, 1.165) is 16.8 Å². The molecule has 6 heteroatoms. The molecule has 0 bridgehead atoms. The van der Waals surface area contributed by atoms with Gasteiger partial charge in [-0.05, 0) is 49.2 Å². The van der Waals surface area contributed by atoms with E-state index in [9.17, 15) is 9.59 Å². The fraction of sp³-hybridized carbons (Fsp3) is 0.300. The number of aryl methyl sites for hydroxylation is 2. The van der Waals surface area contributed by atoms with Crippen LogP contribution in [0.25, 0.3) is 0 Å². The lowest BCUT2D eigenvalue weighted by Gasteiger charge is -2.38. The Morgan fingerprint density at radius 1 is 1.04 bits per heavy atom. The number of likely N-dealkylation sites (tertiary alicyclic amines) is 1. The maximum atomic E-state index is 12.5. The minimum absolute atomic E-state index is 0.0477. The number of fused-ring (bicyclic) bond motifs is 1. The molecule has 2 aromatic rings. The molecule has 0 aromatic heterocycles. The molecule has 2 amide bonds. The average Bonchev–Trinajstić information content (AvgIpc) is 3.04. The zero-order chi connectivity index (χ0) is 18.3. The molecule has 1 fully saturated rings. The molecular weight excluding hydrogens is 332 g/mol. The molecule has 0 saturated carbocycles. The van der Waals surface area contributed by atoms with Crippen molar-refractivity contribution in [3.05, 3.63) is 53.1 Å². The molecule has 2 aliphatic rings. The second kappa shape index (κ2) is 6.37. The second-order valence-corrected chi connectivity index (χ2v) is 6.78. The van der Waals surface area contributed by atoms with Crippen LogP contribution in [0.1, 0.15) is 21.5 Å². The number of carbonyl (C=O) groups excluding carboxylic acids is 2. The Morgan fingerprint density at radius 3 is 2.62 bits per heavy atom. The lowest BCUT2D eigenvalue weighted by Crippen LogP contribution is -2.54. The predicted molar refractivity (Wildman–Crippen MR) is 96.5 cm³/mol. The van der Waals surface area contributed by atoms with E-state index >= 15 is 0 Å². The van der Waals surface area contributed by atoms with Gasteiger partial charge in [-0.15, -0.1) is 0 Å². The highest BCUT2D eigenvalue weighted by Crippen LogP contribution is 2.33. The Kier molecular flexibility index (Phi) is 4.03. The molecule has 2 aliphatic heterocycles. The number of nitrogens with one attached hydrogen (secondary N) is 1. The Bertz CT molecular complexity index is 887. The van der Waals surface area contributed by atoms with Crippen molar-refractivity contribution in [3.8, 4) is 11.5 Å². The van der Waals surface area contributed by atoms with Crippen LogP contribution in [0.2, 0.25) is 0 Å². The van der Waals surface area contributed by atoms with Crippen LogP contribution in [0.5, 0.6) is 11.5 Å². The molecule has 2 heterocycles. The summed E-state index contributed by atoms with van der Waals surface area (Å²) >= 11 is 0. The van der Waals surface area contributed by atoms with Crippen molar-refractivity contribution < 1.29 is 19.1 Å². The van der Waals surface area contributed by atoms with Gasteiger partial charge >= 0.3 is 0 Å². The fourth-order valence-corrected chi connectivity index (χ4v) is 3.13. The predicted octanol–water partition coefficient (Wildman–Crippen LogP) is 2.74. The number of benzene rings is 2. The van der Waals surface area contributed by atoms with Gasteiger partial charge in [0.15, 0.2) is 11.5 Å². The number of rotatable bonds is 3. The molecular formula is C20H20N2O4. The molecule has 2 aromatic carbocycles. The first-order chi connectivity index (χ1) is 12.5. The molecule has 4 rings (SSSR count). The van der Waals surface area contributed by atoms with Gasteiger partial charge in [0.25, 0.3) is 5.91 Å². The summed E-state index contributed by atoms with van der Waals surface area (Å²) in [5.74, 6) is 0.900. The third-order valence-corrected chi connectivity index (χ3v) is 4.81. The van der Waals surface area contributed by atoms with E-state index in [-0.39, 0.29) is 24.5 Å². The molecule has 0 aliphatic carbocycles. The number of hydrogen-bond acceptors (Lipinski definition) is 4. The first kappa shape index (κ1) is 16.4. The molecule has 1 saturated heterocycles. The summed E-state index contributed by atoms with van der Waals surface area (Å²) in [6.45, 7) is 4.97. The van der Waals surface area contributed by atoms with Crippen molar-refractivity contribution >= 4 is 17.5 Å². The van der Waals surface area contributed by atoms with E-state index in [1.807, 2.05) is 32.0 Å². The van der Waals surface area contributed by atoms with Crippen LogP contribution in [0.15, 0.2) is 36.4 Å². The Morgan fingerprint density at radius 2 is 1.81 bits per heavy atom. The normalized spacial score (nSPS) is 15.5. The number of ether oxygens (including phenoxy) is 2. The largest absolute Gasteiger partial charge is 0.454 e. The SMILES string of the molecule is Cc1ccc(C)c(NC(=O)C2CN(C(=O)c3ccc4c(c3)OCO4)C2)c1. The van der Waals surface area contributed by atoms with Crippen LogP contribution in [0.4, 0.5) is 5.69 Å². The van der Waals surface area contributed by atoms with Crippen LogP contribution in [-0.2, 0) is 4.79 Å². The number of nitrogens with zero attached hydrogens (tertiary/aromatic N) is 1. The van der Waals surface area contributed by atoms with Gasteiger partial charge in [0, 0.05) is 24.3 Å². The maximum Gasteiger partial charge on any atom is 0.254 e. The third-order valence-electron chi connectivity index (χ3n) is 4.81. The number of anilines is 1. The maximum absolute atomic E-state index is 12.5. The van der Waals surface area contributed by atoms with E-state index in [1.54, 1.807) is 23.1 Å². The van der Waals surface area contributed by atoms with Gasteiger partial charge in [0.1, 0.15) is 0 Å². The number of amides is 2. The highest BCUT2D eigenvalue weighted by molar-refractivity contribution is 5.99. The van der Waals surface area contributed by atoms with Crippen LogP contribution in [0.3, 0.4) is 0 Å². The smallest absolute Gasteiger partial charge is 0.254 e. The lowest BCUT2D eigenvalue weighted by molar-refractivity contribution is -0.123. The third kappa shape index (κ3) is 2.98.